The minimum absolute atomic E-state index is 0.176. The average molecular weight is 546 g/mol. The molecule has 2 fully saturated rings. The number of carbonyl (C=O) groups excluding carboxylic acids is 2. The highest BCUT2D eigenvalue weighted by atomic mass is 19.3. The van der Waals surface area contributed by atoms with Crippen molar-refractivity contribution < 1.29 is 32.6 Å². The number of hydrogen-bond donors (Lipinski definition) is 3. The molecule has 1 aromatic carbocycles. The number of aliphatic hydroxyl groups is 1. The Kier molecular flexibility index (Phi) is 7.48. The lowest BCUT2D eigenvalue weighted by atomic mass is 10.0. The summed E-state index contributed by atoms with van der Waals surface area (Å²) in [6.45, 7) is 3.41. The highest BCUT2D eigenvalue weighted by molar-refractivity contribution is 6.09. The fourth-order valence-electron chi connectivity index (χ4n) is 4.86. The van der Waals surface area contributed by atoms with Crippen LogP contribution in [0.5, 0.6) is 5.75 Å². The molecule has 9 nitrogen and oxygen atoms in total. The molecule has 1 saturated heterocycles. The van der Waals surface area contributed by atoms with E-state index in [9.17, 15) is 27.9 Å². The molecule has 3 aromatic rings. The molecule has 0 bridgehead atoms. The topological polar surface area (TPSA) is 120 Å². The number of H-pyrrole nitrogens is 1. The molecule has 2 amide bonds. The predicted molar refractivity (Wildman–Crippen MR) is 136 cm³/mol. The lowest BCUT2D eigenvalue weighted by molar-refractivity contribution is -0.141. The fraction of sp³-hybridized carbons (Fsp3) is 0.481. The number of ether oxygens (including phenoxy) is 1. The van der Waals surface area contributed by atoms with Gasteiger partial charge in [-0.2, -0.15) is 0 Å². The summed E-state index contributed by atoms with van der Waals surface area (Å²) in [5.41, 5.74) is 1.75. The van der Waals surface area contributed by atoms with Gasteiger partial charge >= 0.3 is 0 Å². The largest absolute Gasteiger partial charge is 0.493 e. The van der Waals surface area contributed by atoms with Gasteiger partial charge in [-0.25, -0.2) is 23.1 Å². The second-order valence-electron chi connectivity index (χ2n) is 10.2. The number of aryl methyl sites for hydroxylation is 1. The molecule has 3 N–H and O–H groups in total. The van der Waals surface area contributed by atoms with Crippen LogP contribution in [0.25, 0.3) is 22.3 Å². The first-order chi connectivity index (χ1) is 18.6. The molecule has 5 rings (SSSR count). The summed E-state index contributed by atoms with van der Waals surface area (Å²) < 4.78 is 48.0. The van der Waals surface area contributed by atoms with Gasteiger partial charge in [0.1, 0.15) is 35.6 Å². The van der Waals surface area contributed by atoms with Gasteiger partial charge < -0.3 is 25.0 Å². The number of carbonyl (C=O) groups is 2. The second kappa shape index (κ2) is 10.8. The number of alkyl halides is 3. The van der Waals surface area contributed by atoms with Crippen LogP contribution in [0.1, 0.15) is 54.2 Å². The van der Waals surface area contributed by atoms with Crippen molar-refractivity contribution in [1.29, 1.82) is 0 Å². The molecule has 1 aliphatic carbocycles. The van der Waals surface area contributed by atoms with Gasteiger partial charge in [0.05, 0.1) is 30.3 Å². The third kappa shape index (κ3) is 5.56. The second-order valence-corrected chi connectivity index (χ2v) is 10.2. The van der Waals surface area contributed by atoms with Crippen molar-refractivity contribution in [1.82, 2.24) is 25.2 Å². The van der Waals surface area contributed by atoms with Gasteiger partial charge in [-0.3, -0.25) is 9.59 Å². The van der Waals surface area contributed by atoms with E-state index in [1.807, 2.05) is 0 Å². The Balaban J connectivity index is 1.43. The molecular weight excluding hydrogens is 515 g/mol. The number of piperidine rings is 1. The standard InChI is InChI=1S/C27H30F3N5O4/c1-13-21(26(37)34-19-7-8-35(10-18(19)28)27(38)14(2)36)23-24(33-13)22(31-12-32-23)17-9-16(25(29)30)5-6-20(17)39-11-15-3-4-15/h5-6,9,12,14-15,18-19,25,33,36H,3-4,7-8,10-11H2,1-2H3,(H,34,37)/t14-,18-,19+/m0/s1. The molecule has 1 aliphatic heterocycles. The zero-order valence-corrected chi connectivity index (χ0v) is 21.6. The SMILES string of the molecule is Cc1[nH]c2c(-c3cc(C(F)F)ccc3OCC3CC3)ncnc2c1C(=O)N[C@@H]1CCN(C(=O)[C@H](C)O)C[C@@H]1F. The van der Waals surface area contributed by atoms with Crippen LogP contribution in [-0.4, -0.2) is 74.8 Å². The highest BCUT2D eigenvalue weighted by Crippen LogP contribution is 2.38. The number of aromatic amines is 1. The number of amides is 2. The smallest absolute Gasteiger partial charge is 0.263 e. The van der Waals surface area contributed by atoms with Crippen LogP contribution in [-0.2, 0) is 4.79 Å². The lowest BCUT2D eigenvalue weighted by Gasteiger charge is -2.35. The lowest BCUT2D eigenvalue weighted by Crippen LogP contribution is -2.55. The molecule has 3 heterocycles. The Morgan fingerprint density at radius 3 is 2.69 bits per heavy atom. The first-order valence-corrected chi connectivity index (χ1v) is 12.9. The molecule has 208 valence electrons. The van der Waals surface area contributed by atoms with Crippen molar-refractivity contribution in [2.75, 3.05) is 19.7 Å². The summed E-state index contributed by atoms with van der Waals surface area (Å²) in [5, 5.41) is 12.2. The van der Waals surface area contributed by atoms with Gasteiger partial charge in [0.15, 0.2) is 0 Å². The van der Waals surface area contributed by atoms with E-state index in [-0.39, 0.29) is 36.2 Å². The Bertz CT molecular complexity index is 1390. The van der Waals surface area contributed by atoms with Crippen molar-refractivity contribution in [3.05, 3.63) is 41.3 Å². The number of halogens is 3. The number of benzene rings is 1. The summed E-state index contributed by atoms with van der Waals surface area (Å²) >= 11 is 0. The van der Waals surface area contributed by atoms with Crippen LogP contribution >= 0.6 is 0 Å². The maximum Gasteiger partial charge on any atom is 0.263 e. The third-order valence-corrected chi connectivity index (χ3v) is 7.21. The van der Waals surface area contributed by atoms with Gasteiger partial charge in [-0.1, -0.05) is 0 Å². The van der Waals surface area contributed by atoms with E-state index < -0.39 is 36.6 Å². The van der Waals surface area contributed by atoms with Crippen LogP contribution < -0.4 is 10.1 Å². The third-order valence-electron chi connectivity index (χ3n) is 7.21. The first-order valence-electron chi connectivity index (χ1n) is 12.9. The number of fused-ring (bicyclic) bond motifs is 1. The normalized spacial score (nSPS) is 20.3. The molecule has 2 aromatic heterocycles. The number of hydrogen-bond acceptors (Lipinski definition) is 6. The highest BCUT2D eigenvalue weighted by Gasteiger charge is 2.34. The van der Waals surface area contributed by atoms with Crippen LogP contribution in [0.4, 0.5) is 13.2 Å². The summed E-state index contributed by atoms with van der Waals surface area (Å²) in [4.78, 5) is 38.3. The maximum atomic E-state index is 14.9. The van der Waals surface area contributed by atoms with E-state index in [1.165, 1.54) is 36.4 Å². The Morgan fingerprint density at radius 1 is 1.26 bits per heavy atom. The molecule has 3 atom stereocenters. The minimum atomic E-state index is -2.69. The van der Waals surface area contributed by atoms with Gasteiger partial charge in [0, 0.05) is 23.4 Å². The van der Waals surface area contributed by atoms with Gasteiger partial charge in [0.25, 0.3) is 18.2 Å². The number of likely N-dealkylation sites (tertiary alicyclic amines) is 1. The van der Waals surface area contributed by atoms with Crippen molar-refractivity contribution in [3.8, 4) is 17.0 Å². The predicted octanol–water partition coefficient (Wildman–Crippen LogP) is 3.71. The van der Waals surface area contributed by atoms with Crippen molar-refractivity contribution >= 4 is 22.8 Å². The van der Waals surface area contributed by atoms with E-state index in [0.717, 1.165) is 12.8 Å². The molecule has 2 aliphatic rings. The van der Waals surface area contributed by atoms with Gasteiger partial charge in [-0.15, -0.1) is 0 Å². The summed E-state index contributed by atoms with van der Waals surface area (Å²) in [7, 11) is 0. The van der Waals surface area contributed by atoms with E-state index >= 15 is 0 Å². The number of aromatic nitrogens is 3. The molecule has 1 saturated carbocycles. The van der Waals surface area contributed by atoms with Crippen LogP contribution in [0.3, 0.4) is 0 Å². The number of aliphatic hydroxyl groups excluding tert-OH is 1. The minimum Gasteiger partial charge on any atom is -0.493 e. The summed E-state index contributed by atoms with van der Waals surface area (Å²) in [6, 6.07) is 3.32. The van der Waals surface area contributed by atoms with Gasteiger partial charge in [-0.05, 0) is 57.2 Å². The zero-order chi connectivity index (χ0) is 27.8. The molecule has 0 spiro atoms. The quantitative estimate of drug-likeness (QED) is 0.397. The number of nitrogens with one attached hydrogen (secondary N) is 2. The first kappa shape index (κ1) is 26.9. The molecule has 12 heteroatoms. The maximum absolute atomic E-state index is 14.9. The average Bonchev–Trinajstić information content (AvgIpc) is 3.67. The Morgan fingerprint density at radius 2 is 2.03 bits per heavy atom. The van der Waals surface area contributed by atoms with Crippen molar-refractivity contribution in [2.45, 2.75) is 57.9 Å². The Hall–Kier alpha value is -3.67. The molecule has 39 heavy (non-hydrogen) atoms. The Labute approximate surface area is 222 Å². The number of rotatable bonds is 8. The van der Waals surface area contributed by atoms with E-state index in [1.54, 1.807) is 6.92 Å². The zero-order valence-electron chi connectivity index (χ0n) is 21.6. The van der Waals surface area contributed by atoms with Crippen LogP contribution in [0.2, 0.25) is 0 Å². The number of nitrogens with zero attached hydrogens (tertiary/aromatic N) is 3. The van der Waals surface area contributed by atoms with E-state index in [0.29, 0.717) is 40.7 Å². The molecule has 0 radical (unpaired) electrons. The monoisotopic (exact) mass is 545 g/mol. The van der Waals surface area contributed by atoms with E-state index in [4.69, 9.17) is 4.74 Å². The van der Waals surface area contributed by atoms with Crippen LogP contribution in [0.15, 0.2) is 24.5 Å². The molecular formula is C27H30F3N5O4. The summed E-state index contributed by atoms with van der Waals surface area (Å²) in [6.07, 6.45) is -1.90. The van der Waals surface area contributed by atoms with Gasteiger partial charge in [0.2, 0.25) is 0 Å². The van der Waals surface area contributed by atoms with E-state index in [2.05, 4.69) is 20.3 Å². The summed E-state index contributed by atoms with van der Waals surface area (Å²) in [5.74, 6) is -0.269. The van der Waals surface area contributed by atoms with Crippen LogP contribution in [0, 0.1) is 12.8 Å². The van der Waals surface area contributed by atoms with Crippen molar-refractivity contribution in [2.24, 2.45) is 5.92 Å². The fourth-order valence-corrected chi connectivity index (χ4v) is 4.86. The molecule has 0 unspecified atom stereocenters. The van der Waals surface area contributed by atoms with Crippen molar-refractivity contribution in [3.63, 3.8) is 0 Å².